The van der Waals surface area contributed by atoms with Crippen LogP contribution in [-0.2, 0) is 9.59 Å². The number of carboxylic acid groups (broad SMARTS) is 1. The van der Waals surface area contributed by atoms with Crippen LogP contribution in [0.5, 0.6) is 0 Å². The number of rotatable bonds is 5. The number of hydrogen-bond acceptors (Lipinski definition) is 4. The summed E-state index contributed by atoms with van der Waals surface area (Å²) >= 11 is 1.37. The second kappa shape index (κ2) is 7.51. The number of anilines is 1. The smallest absolute Gasteiger partial charge is 0.331 e. The van der Waals surface area contributed by atoms with Gasteiger partial charge < -0.3 is 10.4 Å². The number of amides is 1. The molecular weight excluding hydrogens is 312 g/mol. The van der Waals surface area contributed by atoms with Crippen molar-refractivity contribution in [1.29, 1.82) is 0 Å². The van der Waals surface area contributed by atoms with Gasteiger partial charge in [-0.25, -0.2) is 9.78 Å². The van der Waals surface area contributed by atoms with Crippen molar-refractivity contribution in [3.63, 3.8) is 0 Å². The number of thiazole rings is 1. The van der Waals surface area contributed by atoms with Gasteiger partial charge in [0, 0.05) is 17.9 Å². The summed E-state index contributed by atoms with van der Waals surface area (Å²) in [5, 5.41) is 13.9. The fourth-order valence-corrected chi connectivity index (χ4v) is 2.49. The SMILES string of the molecule is CC(=O)Nc1nc(C=Cc2ccc(C=C(C)C(=O)O)cc2)cs1. The number of aromatic nitrogens is 1. The fourth-order valence-electron chi connectivity index (χ4n) is 1.77. The van der Waals surface area contributed by atoms with Crippen LogP contribution in [0.25, 0.3) is 18.2 Å². The number of hydrogen-bond donors (Lipinski definition) is 2. The van der Waals surface area contributed by atoms with Gasteiger partial charge in [0.2, 0.25) is 5.91 Å². The largest absolute Gasteiger partial charge is 0.478 e. The highest BCUT2D eigenvalue weighted by atomic mass is 32.1. The lowest BCUT2D eigenvalue weighted by molar-refractivity contribution is -0.132. The highest BCUT2D eigenvalue weighted by Gasteiger charge is 2.01. The highest BCUT2D eigenvalue weighted by molar-refractivity contribution is 7.14. The monoisotopic (exact) mass is 328 g/mol. The van der Waals surface area contributed by atoms with Crippen LogP contribution >= 0.6 is 11.3 Å². The molecule has 23 heavy (non-hydrogen) atoms. The molecule has 1 heterocycles. The second-order valence-corrected chi connectivity index (χ2v) is 5.75. The Labute approximate surface area is 138 Å². The van der Waals surface area contributed by atoms with Gasteiger partial charge in [-0.2, -0.15) is 0 Å². The molecule has 0 unspecified atom stereocenters. The lowest BCUT2D eigenvalue weighted by Crippen LogP contribution is -2.04. The van der Waals surface area contributed by atoms with Crippen molar-refractivity contribution in [3.8, 4) is 0 Å². The molecule has 0 atom stereocenters. The first-order valence-electron chi connectivity index (χ1n) is 6.87. The fraction of sp³-hybridized carbons (Fsp3) is 0.118. The molecule has 0 radical (unpaired) electrons. The van der Waals surface area contributed by atoms with E-state index in [1.807, 2.05) is 41.8 Å². The summed E-state index contributed by atoms with van der Waals surface area (Å²) < 4.78 is 0. The van der Waals surface area contributed by atoms with E-state index in [1.165, 1.54) is 18.3 Å². The standard InChI is InChI=1S/C17H16N2O3S/c1-11(16(21)22)9-14-5-3-13(4-6-14)7-8-15-10-23-17(19-15)18-12(2)20/h3-10H,1-2H3,(H,21,22)(H,18,19,20). The minimum Gasteiger partial charge on any atom is -0.478 e. The Hall–Kier alpha value is -2.73. The van der Waals surface area contributed by atoms with Gasteiger partial charge in [-0.1, -0.05) is 30.3 Å². The van der Waals surface area contributed by atoms with Crippen LogP contribution in [0.1, 0.15) is 30.7 Å². The molecule has 6 heteroatoms. The van der Waals surface area contributed by atoms with Gasteiger partial charge in [-0.3, -0.25) is 4.79 Å². The molecule has 1 aromatic heterocycles. The predicted molar refractivity (Wildman–Crippen MR) is 93.1 cm³/mol. The van der Waals surface area contributed by atoms with Crippen molar-refractivity contribution in [2.45, 2.75) is 13.8 Å². The van der Waals surface area contributed by atoms with E-state index in [2.05, 4.69) is 10.3 Å². The van der Waals surface area contributed by atoms with Crippen molar-refractivity contribution < 1.29 is 14.7 Å². The zero-order chi connectivity index (χ0) is 16.8. The summed E-state index contributed by atoms with van der Waals surface area (Å²) in [5.41, 5.74) is 2.87. The van der Waals surface area contributed by atoms with Crippen molar-refractivity contribution in [1.82, 2.24) is 4.98 Å². The van der Waals surface area contributed by atoms with E-state index < -0.39 is 5.97 Å². The minimum atomic E-state index is -0.924. The summed E-state index contributed by atoms with van der Waals surface area (Å²) in [4.78, 5) is 26.0. The number of nitrogens with one attached hydrogen (secondary N) is 1. The van der Waals surface area contributed by atoms with Crippen LogP contribution in [0.3, 0.4) is 0 Å². The van der Waals surface area contributed by atoms with Crippen LogP contribution in [-0.4, -0.2) is 22.0 Å². The Bertz CT molecular complexity index is 773. The highest BCUT2D eigenvalue weighted by Crippen LogP contribution is 2.18. The van der Waals surface area contributed by atoms with Gasteiger partial charge in [-0.15, -0.1) is 11.3 Å². The maximum Gasteiger partial charge on any atom is 0.331 e. The Kier molecular flexibility index (Phi) is 5.43. The van der Waals surface area contributed by atoms with Gasteiger partial charge in [0.1, 0.15) is 0 Å². The molecule has 0 aliphatic carbocycles. The third-order valence-corrected chi connectivity index (χ3v) is 3.68. The van der Waals surface area contributed by atoms with Crippen molar-refractivity contribution in [2.24, 2.45) is 0 Å². The first-order valence-corrected chi connectivity index (χ1v) is 7.75. The molecule has 0 aliphatic rings. The Morgan fingerprint density at radius 3 is 2.39 bits per heavy atom. The molecule has 0 bridgehead atoms. The van der Waals surface area contributed by atoms with Crippen LogP contribution < -0.4 is 5.32 Å². The number of aliphatic carboxylic acids is 1. The molecule has 2 aromatic rings. The average molecular weight is 328 g/mol. The zero-order valence-electron chi connectivity index (χ0n) is 12.7. The van der Waals surface area contributed by atoms with Crippen LogP contribution in [0.15, 0.2) is 35.2 Å². The molecule has 1 aromatic carbocycles. The maximum absolute atomic E-state index is 10.9. The normalized spacial score (nSPS) is 11.7. The second-order valence-electron chi connectivity index (χ2n) is 4.89. The quantitative estimate of drug-likeness (QED) is 0.819. The summed E-state index contributed by atoms with van der Waals surface area (Å²) in [6.45, 7) is 3.00. The van der Waals surface area contributed by atoms with Gasteiger partial charge in [0.15, 0.2) is 5.13 Å². The average Bonchev–Trinajstić information content (AvgIpc) is 2.93. The van der Waals surface area contributed by atoms with E-state index in [1.54, 1.807) is 13.0 Å². The molecule has 0 fully saturated rings. The van der Waals surface area contributed by atoms with Crippen molar-refractivity contribution >= 4 is 46.6 Å². The van der Waals surface area contributed by atoms with E-state index in [-0.39, 0.29) is 5.91 Å². The van der Waals surface area contributed by atoms with Gasteiger partial charge in [0.05, 0.1) is 5.69 Å². The number of benzene rings is 1. The summed E-state index contributed by atoms with van der Waals surface area (Å²) in [6, 6.07) is 7.52. The Balaban J connectivity index is 2.05. The number of carboxylic acids is 1. The first-order chi connectivity index (χ1) is 10.9. The van der Waals surface area contributed by atoms with Crippen LogP contribution in [0.2, 0.25) is 0 Å². The van der Waals surface area contributed by atoms with Gasteiger partial charge in [0.25, 0.3) is 0 Å². The molecule has 0 saturated carbocycles. The predicted octanol–water partition coefficient (Wildman–Crippen LogP) is 3.76. The van der Waals surface area contributed by atoms with Crippen LogP contribution in [0.4, 0.5) is 5.13 Å². The maximum atomic E-state index is 10.9. The molecule has 0 saturated heterocycles. The van der Waals surface area contributed by atoms with E-state index in [0.717, 1.165) is 16.8 Å². The molecular formula is C17H16N2O3S. The molecule has 2 rings (SSSR count). The number of carbonyl (C=O) groups is 2. The van der Waals surface area contributed by atoms with Crippen molar-refractivity contribution in [2.75, 3.05) is 5.32 Å². The lowest BCUT2D eigenvalue weighted by Gasteiger charge is -1.97. The van der Waals surface area contributed by atoms with E-state index in [4.69, 9.17) is 5.11 Å². The Morgan fingerprint density at radius 2 is 1.78 bits per heavy atom. The van der Waals surface area contributed by atoms with E-state index in [9.17, 15) is 9.59 Å². The third kappa shape index (κ3) is 5.19. The summed E-state index contributed by atoms with van der Waals surface area (Å²) in [6.07, 6.45) is 5.38. The number of nitrogens with zero attached hydrogens (tertiary/aromatic N) is 1. The Morgan fingerprint density at radius 1 is 1.13 bits per heavy atom. The first kappa shape index (κ1) is 16.6. The zero-order valence-corrected chi connectivity index (χ0v) is 13.6. The summed E-state index contributed by atoms with van der Waals surface area (Å²) in [5.74, 6) is -1.07. The summed E-state index contributed by atoms with van der Waals surface area (Å²) in [7, 11) is 0. The molecule has 2 N–H and O–H groups in total. The lowest BCUT2D eigenvalue weighted by atomic mass is 10.1. The molecule has 118 valence electrons. The molecule has 0 spiro atoms. The van der Waals surface area contributed by atoms with Gasteiger partial charge in [-0.05, 0) is 30.2 Å². The molecule has 5 nitrogen and oxygen atoms in total. The number of carbonyl (C=O) groups excluding carboxylic acids is 1. The molecule has 0 aliphatic heterocycles. The van der Waals surface area contributed by atoms with Crippen LogP contribution in [0, 0.1) is 0 Å². The van der Waals surface area contributed by atoms with Gasteiger partial charge >= 0.3 is 5.97 Å². The van der Waals surface area contributed by atoms with E-state index in [0.29, 0.717) is 10.7 Å². The van der Waals surface area contributed by atoms with Crippen molar-refractivity contribution in [3.05, 3.63) is 52.0 Å². The third-order valence-electron chi connectivity index (χ3n) is 2.91. The van der Waals surface area contributed by atoms with E-state index >= 15 is 0 Å². The topological polar surface area (TPSA) is 79.3 Å². The minimum absolute atomic E-state index is 0.143. The molecule has 1 amide bonds.